The van der Waals surface area contributed by atoms with E-state index in [9.17, 15) is 14.0 Å². The number of anilines is 1. The summed E-state index contributed by atoms with van der Waals surface area (Å²) in [5.74, 6) is -0.934. The number of benzene rings is 2. The van der Waals surface area contributed by atoms with Gasteiger partial charge in [0.25, 0.3) is 5.91 Å². The van der Waals surface area contributed by atoms with E-state index in [-0.39, 0.29) is 10.6 Å². The van der Waals surface area contributed by atoms with Gasteiger partial charge in [-0.25, -0.2) is 9.18 Å². The highest BCUT2D eigenvalue weighted by molar-refractivity contribution is 6.31. The highest BCUT2D eigenvalue weighted by Crippen LogP contribution is 2.28. The van der Waals surface area contributed by atoms with Crippen LogP contribution in [0.5, 0.6) is 11.5 Å². The number of rotatable bonds is 8. The van der Waals surface area contributed by atoms with Gasteiger partial charge in [-0.3, -0.25) is 4.79 Å². The molecule has 0 saturated carbocycles. The van der Waals surface area contributed by atoms with E-state index in [0.29, 0.717) is 30.4 Å². The van der Waals surface area contributed by atoms with Crippen molar-refractivity contribution in [3.05, 3.63) is 52.8 Å². The fourth-order valence-corrected chi connectivity index (χ4v) is 2.34. The van der Waals surface area contributed by atoms with Crippen molar-refractivity contribution in [3.8, 4) is 11.5 Å². The Labute approximate surface area is 161 Å². The molecule has 0 spiro atoms. The Hall–Kier alpha value is -2.80. The zero-order valence-electron chi connectivity index (χ0n) is 14.9. The predicted octanol–water partition coefficient (Wildman–Crippen LogP) is 4.07. The van der Waals surface area contributed by atoms with Crippen LogP contribution in [0.2, 0.25) is 5.02 Å². The molecule has 0 atom stereocenters. The first-order valence-electron chi connectivity index (χ1n) is 8.26. The zero-order chi connectivity index (χ0) is 19.8. The average Bonchev–Trinajstić information content (AvgIpc) is 2.64. The number of hydrogen-bond acceptors (Lipinski definition) is 5. The van der Waals surface area contributed by atoms with Crippen molar-refractivity contribution in [1.82, 2.24) is 0 Å². The van der Waals surface area contributed by atoms with Gasteiger partial charge in [0.05, 0.1) is 23.8 Å². The monoisotopic (exact) mass is 395 g/mol. The molecule has 0 radical (unpaired) electrons. The van der Waals surface area contributed by atoms with E-state index in [1.54, 1.807) is 6.07 Å². The quantitative estimate of drug-likeness (QED) is 0.682. The third kappa shape index (κ3) is 5.86. The smallest absolute Gasteiger partial charge is 0.338 e. The van der Waals surface area contributed by atoms with Gasteiger partial charge in [0, 0.05) is 5.69 Å². The van der Waals surface area contributed by atoms with Gasteiger partial charge >= 0.3 is 5.97 Å². The molecule has 0 aliphatic heterocycles. The van der Waals surface area contributed by atoms with E-state index in [2.05, 4.69) is 5.32 Å². The summed E-state index contributed by atoms with van der Waals surface area (Å²) in [6.45, 7) is 4.00. The van der Waals surface area contributed by atoms with Gasteiger partial charge in [-0.1, -0.05) is 11.6 Å². The summed E-state index contributed by atoms with van der Waals surface area (Å²) < 4.78 is 29.0. The maximum atomic E-state index is 13.1. The molecule has 2 rings (SSSR count). The standard InChI is InChI=1S/C19H19ClFNO5/c1-3-25-16-8-5-12(9-17(16)26-4-2)19(24)27-11-18(23)22-13-6-7-15(21)14(20)10-13/h5-10H,3-4,11H2,1-2H3,(H,22,23). The Morgan fingerprint density at radius 1 is 1.04 bits per heavy atom. The molecule has 144 valence electrons. The molecule has 0 heterocycles. The van der Waals surface area contributed by atoms with Gasteiger partial charge in [-0.2, -0.15) is 0 Å². The average molecular weight is 396 g/mol. The van der Waals surface area contributed by atoms with Crippen LogP contribution in [0.1, 0.15) is 24.2 Å². The van der Waals surface area contributed by atoms with Gasteiger partial charge in [0.2, 0.25) is 0 Å². The lowest BCUT2D eigenvalue weighted by molar-refractivity contribution is -0.119. The molecule has 0 unspecified atom stereocenters. The molecular formula is C19H19ClFNO5. The fourth-order valence-electron chi connectivity index (χ4n) is 2.16. The van der Waals surface area contributed by atoms with Crippen LogP contribution in [0, 0.1) is 5.82 Å². The maximum absolute atomic E-state index is 13.1. The Bertz CT molecular complexity index is 828. The maximum Gasteiger partial charge on any atom is 0.338 e. The van der Waals surface area contributed by atoms with Crippen molar-refractivity contribution in [3.63, 3.8) is 0 Å². The van der Waals surface area contributed by atoms with Crippen molar-refractivity contribution >= 4 is 29.2 Å². The first kappa shape index (κ1) is 20.5. The van der Waals surface area contributed by atoms with Gasteiger partial charge in [-0.05, 0) is 50.2 Å². The Kier molecular flexibility index (Phi) is 7.43. The van der Waals surface area contributed by atoms with Crippen molar-refractivity contribution in [2.24, 2.45) is 0 Å². The van der Waals surface area contributed by atoms with Crippen LogP contribution in [-0.2, 0) is 9.53 Å². The Morgan fingerprint density at radius 3 is 2.41 bits per heavy atom. The third-order valence-corrected chi connectivity index (χ3v) is 3.61. The van der Waals surface area contributed by atoms with Crippen molar-refractivity contribution in [2.45, 2.75) is 13.8 Å². The molecule has 27 heavy (non-hydrogen) atoms. The summed E-state index contributed by atoms with van der Waals surface area (Å²) in [6.07, 6.45) is 0. The number of carbonyl (C=O) groups excluding carboxylic acids is 2. The number of ether oxygens (including phenoxy) is 3. The highest BCUT2D eigenvalue weighted by Gasteiger charge is 2.14. The second kappa shape index (κ2) is 9.78. The van der Waals surface area contributed by atoms with Crippen molar-refractivity contribution < 1.29 is 28.2 Å². The number of nitrogens with one attached hydrogen (secondary N) is 1. The fraction of sp³-hybridized carbons (Fsp3) is 0.263. The molecule has 1 amide bonds. The first-order chi connectivity index (χ1) is 12.9. The molecule has 0 bridgehead atoms. The van der Waals surface area contributed by atoms with E-state index < -0.39 is 24.3 Å². The lowest BCUT2D eigenvalue weighted by atomic mass is 10.2. The molecule has 0 aliphatic rings. The summed E-state index contributed by atoms with van der Waals surface area (Å²) >= 11 is 5.65. The predicted molar refractivity (Wildman–Crippen MR) is 99.1 cm³/mol. The molecule has 0 aliphatic carbocycles. The molecular weight excluding hydrogens is 377 g/mol. The lowest BCUT2D eigenvalue weighted by Gasteiger charge is -2.12. The van der Waals surface area contributed by atoms with E-state index in [1.165, 1.54) is 24.3 Å². The number of amides is 1. The van der Waals surface area contributed by atoms with Crippen molar-refractivity contribution in [1.29, 1.82) is 0 Å². The van der Waals surface area contributed by atoms with Crippen LogP contribution in [-0.4, -0.2) is 31.7 Å². The minimum Gasteiger partial charge on any atom is -0.490 e. The second-order valence-corrected chi connectivity index (χ2v) is 5.69. The van der Waals surface area contributed by atoms with Crippen molar-refractivity contribution in [2.75, 3.05) is 25.1 Å². The molecule has 2 aromatic rings. The highest BCUT2D eigenvalue weighted by atomic mass is 35.5. The van der Waals surface area contributed by atoms with Gasteiger partial charge in [0.1, 0.15) is 5.82 Å². The normalized spacial score (nSPS) is 10.2. The lowest BCUT2D eigenvalue weighted by Crippen LogP contribution is -2.21. The molecule has 1 N–H and O–H groups in total. The van der Waals surface area contributed by atoms with Crippen LogP contribution in [0.3, 0.4) is 0 Å². The summed E-state index contributed by atoms with van der Waals surface area (Å²) in [4.78, 5) is 24.0. The molecule has 0 saturated heterocycles. The summed E-state index contributed by atoms with van der Waals surface area (Å²) in [7, 11) is 0. The first-order valence-corrected chi connectivity index (χ1v) is 8.64. The van der Waals surface area contributed by atoms with E-state index in [4.69, 9.17) is 25.8 Å². The minimum absolute atomic E-state index is 0.123. The van der Waals surface area contributed by atoms with E-state index >= 15 is 0 Å². The van der Waals surface area contributed by atoms with E-state index in [0.717, 1.165) is 6.07 Å². The Morgan fingerprint density at radius 2 is 1.74 bits per heavy atom. The van der Waals surface area contributed by atoms with Crippen LogP contribution >= 0.6 is 11.6 Å². The molecule has 2 aromatic carbocycles. The molecule has 0 fully saturated rings. The van der Waals surface area contributed by atoms with Crippen LogP contribution in [0.25, 0.3) is 0 Å². The van der Waals surface area contributed by atoms with Gasteiger partial charge in [0.15, 0.2) is 18.1 Å². The van der Waals surface area contributed by atoms with Crippen LogP contribution < -0.4 is 14.8 Å². The van der Waals surface area contributed by atoms with Gasteiger partial charge < -0.3 is 19.5 Å². The van der Waals surface area contributed by atoms with Crippen LogP contribution in [0.15, 0.2) is 36.4 Å². The Balaban J connectivity index is 1.97. The number of halogens is 2. The number of esters is 1. The summed E-state index contributed by atoms with van der Waals surface area (Å²) in [5, 5.41) is 2.34. The number of hydrogen-bond donors (Lipinski definition) is 1. The second-order valence-electron chi connectivity index (χ2n) is 5.28. The largest absolute Gasteiger partial charge is 0.490 e. The minimum atomic E-state index is -0.689. The van der Waals surface area contributed by atoms with Crippen LogP contribution in [0.4, 0.5) is 10.1 Å². The summed E-state index contributed by atoms with van der Waals surface area (Å²) in [5.41, 5.74) is 0.515. The van der Waals surface area contributed by atoms with Gasteiger partial charge in [-0.15, -0.1) is 0 Å². The molecule has 8 heteroatoms. The van der Waals surface area contributed by atoms with E-state index in [1.807, 2.05) is 13.8 Å². The number of carbonyl (C=O) groups is 2. The zero-order valence-corrected chi connectivity index (χ0v) is 15.6. The topological polar surface area (TPSA) is 73.9 Å². The third-order valence-electron chi connectivity index (χ3n) is 3.32. The molecule has 6 nitrogen and oxygen atoms in total. The molecule has 0 aromatic heterocycles. The SMILES string of the molecule is CCOc1ccc(C(=O)OCC(=O)Nc2ccc(F)c(Cl)c2)cc1OCC. The summed E-state index contributed by atoms with van der Waals surface area (Å²) in [6, 6.07) is 8.35.